The van der Waals surface area contributed by atoms with E-state index in [0.29, 0.717) is 28.7 Å². The summed E-state index contributed by atoms with van der Waals surface area (Å²) < 4.78 is 29.5. The first-order chi connectivity index (χ1) is 19.7. The predicted molar refractivity (Wildman–Crippen MR) is 162 cm³/mol. The van der Waals surface area contributed by atoms with Crippen molar-refractivity contribution in [1.82, 2.24) is 16.0 Å². The quantitative estimate of drug-likeness (QED) is 0.324. The van der Waals surface area contributed by atoms with Gasteiger partial charge in [0.25, 0.3) is 0 Å². The highest BCUT2D eigenvalue weighted by atomic mass is 35.5. The molecule has 0 aromatic heterocycles. The number of anilines is 1. The highest BCUT2D eigenvalue weighted by Gasteiger charge is 2.39. The van der Waals surface area contributed by atoms with Gasteiger partial charge in [0.2, 0.25) is 21.8 Å². The van der Waals surface area contributed by atoms with Crippen molar-refractivity contribution in [3.8, 4) is 11.1 Å². The lowest BCUT2D eigenvalue weighted by Gasteiger charge is -2.39. The summed E-state index contributed by atoms with van der Waals surface area (Å²) in [5, 5.41) is 9.49. The van der Waals surface area contributed by atoms with Crippen molar-refractivity contribution in [3.63, 3.8) is 0 Å². The average Bonchev–Trinajstić information content (AvgIpc) is 2.97. The van der Waals surface area contributed by atoms with E-state index in [9.17, 15) is 18.0 Å². The number of nitrogens with one attached hydrogen (secondary N) is 3. The topological polar surface area (TPSA) is 108 Å². The molecule has 1 atom stereocenters. The molecule has 0 aliphatic carbocycles. The lowest BCUT2D eigenvalue weighted by atomic mass is 9.88. The monoisotopic (exact) mass is 614 g/mol. The summed E-state index contributed by atoms with van der Waals surface area (Å²) in [4.78, 5) is 25.7. The van der Waals surface area contributed by atoms with Gasteiger partial charge in [-0.05, 0) is 66.7 Å². The number of benzene rings is 3. The van der Waals surface area contributed by atoms with Crippen molar-refractivity contribution in [2.75, 3.05) is 30.5 Å². The maximum Gasteiger partial charge on any atom is 0.239 e. The molecule has 2 amide bonds. The van der Waals surface area contributed by atoms with Crippen LogP contribution in [0.5, 0.6) is 0 Å². The fourth-order valence-corrected chi connectivity index (χ4v) is 7.60. The summed E-state index contributed by atoms with van der Waals surface area (Å²) in [7, 11) is -4.00. The molecule has 1 fully saturated rings. The molecular formula is C30H32Cl2N4O4S. The van der Waals surface area contributed by atoms with Crippen LogP contribution in [0.3, 0.4) is 0 Å². The first-order valence-electron chi connectivity index (χ1n) is 13.6. The Balaban J connectivity index is 1.37. The molecule has 3 aromatic carbocycles. The number of fused-ring (bicyclic) bond motifs is 3. The number of rotatable bonds is 9. The molecule has 0 saturated carbocycles. The maximum absolute atomic E-state index is 14.1. The van der Waals surface area contributed by atoms with Crippen molar-refractivity contribution in [1.29, 1.82) is 0 Å². The van der Waals surface area contributed by atoms with Crippen LogP contribution in [0, 0.1) is 5.92 Å². The molecule has 2 aliphatic heterocycles. The van der Waals surface area contributed by atoms with Gasteiger partial charge in [0, 0.05) is 12.1 Å². The minimum absolute atomic E-state index is 0.159. The Morgan fingerprint density at radius 1 is 0.878 bits per heavy atom. The Hall–Kier alpha value is -3.11. The molecule has 11 heteroatoms. The van der Waals surface area contributed by atoms with E-state index in [4.69, 9.17) is 23.2 Å². The van der Waals surface area contributed by atoms with E-state index in [-0.39, 0.29) is 29.6 Å². The van der Waals surface area contributed by atoms with Gasteiger partial charge in [0.1, 0.15) is 0 Å². The molecule has 3 N–H and O–H groups in total. The zero-order valence-corrected chi connectivity index (χ0v) is 24.7. The van der Waals surface area contributed by atoms with Gasteiger partial charge in [-0.15, -0.1) is 0 Å². The summed E-state index contributed by atoms with van der Waals surface area (Å²) >= 11 is 12.2. The molecule has 216 valence electrons. The van der Waals surface area contributed by atoms with Crippen molar-refractivity contribution in [3.05, 3.63) is 87.9 Å². The predicted octanol–water partition coefficient (Wildman–Crippen LogP) is 4.67. The van der Waals surface area contributed by atoms with Crippen molar-refractivity contribution >= 4 is 50.7 Å². The summed E-state index contributed by atoms with van der Waals surface area (Å²) in [6.45, 7) is 2.27. The smallest absolute Gasteiger partial charge is 0.239 e. The van der Waals surface area contributed by atoms with Gasteiger partial charge >= 0.3 is 0 Å². The van der Waals surface area contributed by atoms with Crippen LogP contribution >= 0.6 is 23.2 Å². The normalized spacial score (nSPS) is 16.9. The number of nitrogens with zero attached hydrogens (tertiary/aromatic N) is 1. The van der Waals surface area contributed by atoms with Crippen LogP contribution in [0.2, 0.25) is 10.0 Å². The highest BCUT2D eigenvalue weighted by Crippen LogP contribution is 2.47. The molecular weight excluding hydrogens is 583 g/mol. The van der Waals surface area contributed by atoms with Crippen molar-refractivity contribution in [2.45, 2.75) is 31.1 Å². The Labute approximate surface area is 250 Å². The standard InChI is InChI=1S/C30H32Cl2N4O4S/c31-25-10-9-21(15-26(25)32)19-41(39,40)36-27-8-4-3-6-23(27)22-5-1-2-7-24(22)28(36)16-29(37)35-18-30(38)34-17-20-11-13-33-14-12-20/h1-10,15,20,28,33H,11-14,16-19H2,(H,34,38)(H,35,37). The van der Waals surface area contributed by atoms with Crippen LogP contribution in [0.25, 0.3) is 11.1 Å². The fourth-order valence-electron chi connectivity index (χ4n) is 5.50. The van der Waals surface area contributed by atoms with E-state index in [1.54, 1.807) is 24.3 Å². The largest absolute Gasteiger partial charge is 0.354 e. The number of para-hydroxylation sites is 1. The summed E-state index contributed by atoms with van der Waals surface area (Å²) in [6, 6.07) is 18.7. The molecule has 1 saturated heterocycles. The fraction of sp³-hybridized carbons (Fsp3) is 0.333. The molecule has 0 spiro atoms. The van der Waals surface area contributed by atoms with Gasteiger partial charge in [0.15, 0.2) is 0 Å². The van der Waals surface area contributed by atoms with E-state index in [0.717, 1.165) is 42.6 Å². The lowest BCUT2D eigenvalue weighted by Crippen LogP contribution is -2.43. The number of sulfonamides is 1. The van der Waals surface area contributed by atoms with Gasteiger partial charge in [-0.1, -0.05) is 71.7 Å². The Morgan fingerprint density at radius 2 is 1.59 bits per heavy atom. The minimum Gasteiger partial charge on any atom is -0.354 e. The molecule has 3 aromatic rings. The molecule has 2 aliphatic rings. The van der Waals surface area contributed by atoms with Crippen LogP contribution in [0.15, 0.2) is 66.7 Å². The number of piperidine rings is 1. The van der Waals surface area contributed by atoms with E-state index >= 15 is 0 Å². The number of hydrogen-bond donors (Lipinski definition) is 3. The van der Waals surface area contributed by atoms with Gasteiger partial charge < -0.3 is 16.0 Å². The second kappa shape index (κ2) is 12.8. The third-order valence-electron chi connectivity index (χ3n) is 7.54. The SMILES string of the molecule is O=C(CNC(=O)CC1c2ccccc2-c2ccccc2N1S(=O)(=O)Cc1ccc(Cl)c(Cl)c1)NCC1CCNCC1. The Kier molecular flexibility index (Phi) is 9.19. The maximum atomic E-state index is 14.1. The molecule has 0 radical (unpaired) electrons. The van der Waals surface area contributed by atoms with E-state index in [1.807, 2.05) is 36.4 Å². The number of hydrogen-bond acceptors (Lipinski definition) is 5. The van der Waals surface area contributed by atoms with Gasteiger partial charge in [-0.25, -0.2) is 8.42 Å². The van der Waals surface area contributed by atoms with Crippen molar-refractivity contribution < 1.29 is 18.0 Å². The summed E-state index contributed by atoms with van der Waals surface area (Å²) in [5.74, 6) is -0.604. The average molecular weight is 616 g/mol. The second-order valence-electron chi connectivity index (χ2n) is 10.4. The van der Waals surface area contributed by atoms with E-state index in [1.165, 1.54) is 10.4 Å². The van der Waals surface area contributed by atoms with Crippen LogP contribution in [0.4, 0.5) is 5.69 Å². The first-order valence-corrected chi connectivity index (χ1v) is 16.0. The molecule has 41 heavy (non-hydrogen) atoms. The van der Waals surface area contributed by atoms with Gasteiger partial charge in [0.05, 0.1) is 40.5 Å². The number of halogens is 2. The molecule has 5 rings (SSSR count). The zero-order chi connectivity index (χ0) is 29.0. The van der Waals surface area contributed by atoms with Gasteiger partial charge in [-0.2, -0.15) is 0 Å². The number of carbonyl (C=O) groups excluding carboxylic acids is 2. The zero-order valence-electron chi connectivity index (χ0n) is 22.4. The third-order valence-corrected chi connectivity index (χ3v) is 10.0. The van der Waals surface area contributed by atoms with E-state index < -0.39 is 22.0 Å². The minimum atomic E-state index is -4.00. The Bertz CT molecular complexity index is 1540. The van der Waals surface area contributed by atoms with Crippen LogP contribution in [-0.4, -0.2) is 46.4 Å². The Morgan fingerprint density at radius 3 is 2.34 bits per heavy atom. The van der Waals surface area contributed by atoms with Crippen LogP contribution in [-0.2, 0) is 25.4 Å². The third kappa shape index (κ3) is 6.86. The first kappa shape index (κ1) is 29.4. The van der Waals surface area contributed by atoms with Gasteiger partial charge in [-0.3, -0.25) is 13.9 Å². The van der Waals surface area contributed by atoms with Crippen LogP contribution in [0.1, 0.15) is 36.4 Å². The van der Waals surface area contributed by atoms with Crippen molar-refractivity contribution in [2.24, 2.45) is 5.92 Å². The lowest BCUT2D eigenvalue weighted by molar-refractivity contribution is -0.126. The highest BCUT2D eigenvalue weighted by molar-refractivity contribution is 7.92. The van der Waals surface area contributed by atoms with Crippen LogP contribution < -0.4 is 20.3 Å². The molecule has 0 bridgehead atoms. The second-order valence-corrected chi connectivity index (χ2v) is 13.1. The summed E-state index contributed by atoms with van der Waals surface area (Å²) in [5.41, 5.74) is 3.30. The summed E-state index contributed by atoms with van der Waals surface area (Å²) in [6.07, 6.45) is 1.84. The molecule has 8 nitrogen and oxygen atoms in total. The van der Waals surface area contributed by atoms with E-state index in [2.05, 4.69) is 16.0 Å². The molecule has 2 heterocycles. The number of amides is 2. The number of carbonyl (C=O) groups is 2. The molecule has 1 unspecified atom stereocenters.